The molecule has 0 radical (unpaired) electrons. The van der Waals surface area contributed by atoms with E-state index >= 15 is 0 Å². The first-order valence-electron chi connectivity index (χ1n) is 8.81. The largest absolute Gasteiger partial charge is 0.573 e. The van der Waals surface area contributed by atoms with E-state index in [2.05, 4.69) is 30.9 Å². The summed E-state index contributed by atoms with van der Waals surface area (Å²) in [5.74, 6) is 0.111. The second-order valence-electron chi connectivity index (χ2n) is 7.42. The Balaban J connectivity index is 1.73. The standard InChI is InChI=1S/C18H24BrF3N2O4/c1-17(2,3)28-16(25)23-12-6-7-24(11-12)8-9-26-15-5-4-13(10-14(15)19)27-18(20,21)22/h4-5,10,12H,6-9,11H2,1-3H3,(H,23,25). The molecule has 1 N–H and O–H groups in total. The summed E-state index contributed by atoms with van der Waals surface area (Å²) < 4.78 is 51.8. The topological polar surface area (TPSA) is 60.0 Å². The molecule has 1 aliphatic rings. The van der Waals surface area contributed by atoms with Gasteiger partial charge in [-0.25, -0.2) is 4.79 Å². The van der Waals surface area contributed by atoms with Gasteiger partial charge in [-0.05, 0) is 61.3 Å². The third-order valence-corrected chi connectivity index (χ3v) is 4.41. The van der Waals surface area contributed by atoms with Crippen LogP contribution in [0.3, 0.4) is 0 Å². The number of nitrogens with one attached hydrogen (secondary N) is 1. The highest BCUT2D eigenvalue weighted by Gasteiger charge is 2.31. The van der Waals surface area contributed by atoms with E-state index in [-0.39, 0.29) is 11.8 Å². The van der Waals surface area contributed by atoms with Crippen LogP contribution >= 0.6 is 15.9 Å². The second kappa shape index (κ2) is 9.21. The van der Waals surface area contributed by atoms with Crippen molar-refractivity contribution in [3.05, 3.63) is 22.7 Å². The first kappa shape index (κ1) is 22.6. The molecule has 28 heavy (non-hydrogen) atoms. The molecular weight excluding hydrogens is 445 g/mol. The van der Waals surface area contributed by atoms with Crippen molar-refractivity contribution in [2.45, 2.75) is 45.2 Å². The lowest BCUT2D eigenvalue weighted by molar-refractivity contribution is -0.274. The maximum absolute atomic E-state index is 12.2. The van der Waals surface area contributed by atoms with Gasteiger partial charge in [-0.3, -0.25) is 4.90 Å². The summed E-state index contributed by atoms with van der Waals surface area (Å²) in [5.41, 5.74) is -0.537. The number of rotatable bonds is 6. The number of likely N-dealkylation sites (tertiary alicyclic amines) is 1. The van der Waals surface area contributed by atoms with Crippen LogP contribution in [-0.4, -0.2) is 55.2 Å². The van der Waals surface area contributed by atoms with Crippen LogP contribution in [0.5, 0.6) is 11.5 Å². The Kier molecular flexibility index (Phi) is 7.44. The molecule has 0 aromatic heterocycles. The maximum atomic E-state index is 12.2. The van der Waals surface area contributed by atoms with E-state index in [1.165, 1.54) is 18.2 Å². The van der Waals surface area contributed by atoms with Crippen LogP contribution in [-0.2, 0) is 4.74 Å². The molecule has 6 nitrogen and oxygen atoms in total. The molecular formula is C18H24BrF3N2O4. The number of alkyl halides is 3. The Morgan fingerprint density at radius 1 is 1.32 bits per heavy atom. The quantitative estimate of drug-likeness (QED) is 0.673. The summed E-state index contributed by atoms with van der Waals surface area (Å²) in [5, 5.41) is 2.85. The fourth-order valence-corrected chi connectivity index (χ4v) is 3.18. The number of hydrogen-bond donors (Lipinski definition) is 1. The van der Waals surface area contributed by atoms with Crippen LogP contribution in [0.25, 0.3) is 0 Å². The molecule has 0 aliphatic carbocycles. The number of carbonyl (C=O) groups excluding carboxylic acids is 1. The minimum atomic E-state index is -4.73. The Morgan fingerprint density at radius 2 is 2.04 bits per heavy atom. The van der Waals surface area contributed by atoms with Gasteiger partial charge in [0, 0.05) is 25.7 Å². The van der Waals surface area contributed by atoms with E-state index < -0.39 is 18.1 Å². The van der Waals surface area contributed by atoms with Crippen LogP contribution in [0.2, 0.25) is 0 Å². The van der Waals surface area contributed by atoms with Crippen molar-refractivity contribution >= 4 is 22.0 Å². The van der Waals surface area contributed by atoms with E-state index in [1.54, 1.807) is 0 Å². The number of hydrogen-bond acceptors (Lipinski definition) is 5. The zero-order valence-corrected chi connectivity index (χ0v) is 17.5. The average Bonchev–Trinajstić information content (AvgIpc) is 2.93. The number of benzene rings is 1. The van der Waals surface area contributed by atoms with Gasteiger partial charge in [0.15, 0.2) is 0 Å². The predicted octanol–water partition coefficient (Wildman–Crippen LogP) is 4.33. The van der Waals surface area contributed by atoms with Crippen molar-refractivity contribution in [2.75, 3.05) is 26.2 Å². The molecule has 1 aliphatic heterocycles. The molecule has 1 amide bonds. The fraction of sp³-hybridized carbons (Fsp3) is 0.611. The van der Waals surface area contributed by atoms with Crippen molar-refractivity contribution in [3.8, 4) is 11.5 Å². The molecule has 10 heteroatoms. The number of nitrogens with zero attached hydrogens (tertiary/aromatic N) is 1. The van der Waals surface area contributed by atoms with E-state index in [9.17, 15) is 18.0 Å². The Morgan fingerprint density at radius 3 is 2.64 bits per heavy atom. The third kappa shape index (κ3) is 8.14. The molecule has 158 valence electrons. The number of amides is 1. The predicted molar refractivity (Wildman–Crippen MR) is 101 cm³/mol. The van der Waals surface area contributed by atoms with Crippen LogP contribution in [0.15, 0.2) is 22.7 Å². The molecule has 1 saturated heterocycles. The summed E-state index contributed by atoms with van der Waals surface area (Å²) in [6, 6.07) is 3.84. The van der Waals surface area contributed by atoms with Gasteiger partial charge in [0.2, 0.25) is 0 Å². The molecule has 0 bridgehead atoms. The Labute approximate surface area is 170 Å². The highest BCUT2D eigenvalue weighted by Crippen LogP contribution is 2.32. The zero-order valence-electron chi connectivity index (χ0n) is 15.9. The molecule has 1 aromatic carbocycles. The second-order valence-corrected chi connectivity index (χ2v) is 8.28. The molecule has 0 spiro atoms. The van der Waals surface area contributed by atoms with Gasteiger partial charge in [-0.15, -0.1) is 13.2 Å². The summed E-state index contributed by atoms with van der Waals surface area (Å²) >= 11 is 3.18. The lowest BCUT2D eigenvalue weighted by Crippen LogP contribution is -2.40. The summed E-state index contributed by atoms with van der Waals surface area (Å²) in [6.45, 7) is 7.91. The fourth-order valence-electron chi connectivity index (χ4n) is 2.71. The molecule has 0 saturated carbocycles. The average molecular weight is 469 g/mol. The highest BCUT2D eigenvalue weighted by molar-refractivity contribution is 9.10. The smallest absolute Gasteiger partial charge is 0.491 e. The molecule has 1 unspecified atom stereocenters. The van der Waals surface area contributed by atoms with Gasteiger partial charge >= 0.3 is 12.5 Å². The monoisotopic (exact) mass is 468 g/mol. The van der Waals surface area contributed by atoms with Crippen molar-refractivity contribution in [3.63, 3.8) is 0 Å². The lowest BCUT2D eigenvalue weighted by Gasteiger charge is -2.22. The normalized spacial score (nSPS) is 18.0. The van der Waals surface area contributed by atoms with Gasteiger partial charge in [0.1, 0.15) is 23.7 Å². The molecule has 1 aromatic rings. The van der Waals surface area contributed by atoms with Gasteiger partial charge in [0.25, 0.3) is 0 Å². The van der Waals surface area contributed by atoms with Crippen molar-refractivity contribution in [2.24, 2.45) is 0 Å². The number of alkyl carbamates (subject to hydrolysis) is 1. The van der Waals surface area contributed by atoms with Gasteiger partial charge < -0.3 is 19.5 Å². The van der Waals surface area contributed by atoms with Crippen LogP contribution < -0.4 is 14.8 Å². The van der Waals surface area contributed by atoms with Crippen molar-refractivity contribution < 1.29 is 32.2 Å². The van der Waals surface area contributed by atoms with Crippen LogP contribution in [0.4, 0.5) is 18.0 Å². The van der Waals surface area contributed by atoms with Crippen molar-refractivity contribution in [1.29, 1.82) is 0 Å². The van der Waals surface area contributed by atoms with E-state index in [1.807, 2.05) is 20.8 Å². The zero-order chi connectivity index (χ0) is 20.9. The molecule has 2 rings (SSSR count). The number of carbonyl (C=O) groups is 1. The number of ether oxygens (including phenoxy) is 3. The minimum absolute atomic E-state index is 0.0142. The Hall–Kier alpha value is -1.68. The van der Waals surface area contributed by atoms with E-state index in [0.717, 1.165) is 13.0 Å². The third-order valence-electron chi connectivity index (χ3n) is 3.80. The summed E-state index contributed by atoms with van der Waals surface area (Å²) in [4.78, 5) is 13.9. The first-order chi connectivity index (χ1) is 12.9. The van der Waals surface area contributed by atoms with Crippen LogP contribution in [0.1, 0.15) is 27.2 Å². The minimum Gasteiger partial charge on any atom is -0.491 e. The van der Waals surface area contributed by atoms with Gasteiger partial charge in [-0.1, -0.05) is 0 Å². The Bertz CT molecular complexity index is 680. The molecule has 1 heterocycles. The van der Waals surface area contributed by atoms with Crippen molar-refractivity contribution in [1.82, 2.24) is 10.2 Å². The summed E-state index contributed by atoms with van der Waals surface area (Å²) in [6.07, 6.45) is -4.35. The first-order valence-corrected chi connectivity index (χ1v) is 9.60. The van der Waals surface area contributed by atoms with Gasteiger partial charge in [-0.2, -0.15) is 0 Å². The summed E-state index contributed by atoms with van der Waals surface area (Å²) in [7, 11) is 0. The SMILES string of the molecule is CC(C)(C)OC(=O)NC1CCN(CCOc2ccc(OC(F)(F)F)cc2Br)C1. The molecule has 1 fully saturated rings. The highest BCUT2D eigenvalue weighted by atomic mass is 79.9. The van der Waals surface area contributed by atoms with Crippen LogP contribution in [0, 0.1) is 0 Å². The maximum Gasteiger partial charge on any atom is 0.573 e. The lowest BCUT2D eigenvalue weighted by atomic mass is 10.2. The van der Waals surface area contributed by atoms with Gasteiger partial charge in [0.05, 0.1) is 4.47 Å². The number of halogens is 4. The van der Waals surface area contributed by atoms with E-state index in [4.69, 9.17) is 9.47 Å². The van der Waals surface area contributed by atoms with E-state index in [0.29, 0.717) is 29.9 Å². The molecule has 1 atom stereocenters.